The average molecular weight is 755 g/mol. The highest BCUT2D eigenvalue weighted by molar-refractivity contribution is 6.30. The van der Waals surface area contributed by atoms with Gasteiger partial charge in [-0.25, -0.2) is 13.8 Å². The Labute approximate surface area is 325 Å². The van der Waals surface area contributed by atoms with Crippen LogP contribution in [0, 0.1) is 30.5 Å². The summed E-state index contributed by atoms with van der Waals surface area (Å²) in [5.41, 5.74) is 16.7. The maximum absolute atomic E-state index is 12.5. The Morgan fingerprint density at radius 3 is 2.33 bits per heavy atom. The number of carbonyl (C=O) groups is 1. The minimum atomic E-state index is -0.256. The van der Waals surface area contributed by atoms with Crippen molar-refractivity contribution in [1.82, 2.24) is 20.5 Å². The van der Waals surface area contributed by atoms with Crippen LogP contribution in [-0.2, 0) is 19.3 Å². The zero-order chi connectivity index (χ0) is 39.6. The van der Waals surface area contributed by atoms with Crippen molar-refractivity contribution >= 4 is 17.5 Å². The largest absolute Gasteiger partial charge is 0.349 e. The lowest BCUT2D eigenvalue weighted by molar-refractivity contribution is 0.0950. The van der Waals surface area contributed by atoms with Crippen LogP contribution >= 0.6 is 11.6 Å². The number of hydrogen-bond donors (Lipinski definition) is 4. The Bertz CT molecular complexity index is 1760. The number of carbonyl (C=O) groups excluding carboxylic acids is 1. The Kier molecular flexibility index (Phi) is 22.5. The van der Waals surface area contributed by atoms with Crippen LogP contribution in [0.25, 0.3) is 0 Å². The molecule has 3 aromatic carbocycles. The summed E-state index contributed by atoms with van der Waals surface area (Å²) in [4.78, 5) is 17.3. The molecule has 1 aliphatic carbocycles. The Morgan fingerprint density at radius 1 is 1.02 bits per heavy atom. The fourth-order valence-corrected chi connectivity index (χ4v) is 5.42. The molecule has 0 radical (unpaired) electrons. The third-order valence-electron chi connectivity index (χ3n) is 8.50. The van der Waals surface area contributed by atoms with Crippen molar-refractivity contribution in [1.29, 1.82) is 0 Å². The number of aromatic nitrogens is 1. The molecule has 1 aliphatic rings. The summed E-state index contributed by atoms with van der Waals surface area (Å²) in [6.45, 7) is 4.68. The molecular weight excluding hydrogens is 702 g/mol. The molecule has 2 atom stereocenters. The van der Waals surface area contributed by atoms with E-state index in [9.17, 15) is 13.6 Å². The number of pyridine rings is 1. The lowest BCUT2D eigenvalue weighted by atomic mass is 10.1. The second kappa shape index (κ2) is 26.8. The van der Waals surface area contributed by atoms with Crippen molar-refractivity contribution in [3.05, 3.63) is 148 Å². The number of rotatable bonds is 13. The van der Waals surface area contributed by atoms with Crippen molar-refractivity contribution in [3.63, 3.8) is 0 Å². The van der Waals surface area contributed by atoms with Gasteiger partial charge in [0.2, 0.25) is 0 Å². The lowest BCUT2D eigenvalue weighted by Crippen LogP contribution is -2.31. The summed E-state index contributed by atoms with van der Waals surface area (Å²) in [6, 6.07) is 29.4. The Hall–Kier alpha value is -4.87. The standard InChI is InChI=1S/C13H17N.C12H13N.C11H13F2N.C8H10ClN3O/c1-4-10-14(3)12(2)11-13-8-6-5-7-9-13;1-2-9-13-12-8-7-10-5-3-4-6-11(10)12;12-7-10(8-14)2-1-9-3-5-11(13)6-4-9;9-6-1-2-7(12-5-6)8(13)11-4-3-10/h1,5-9,12H,10-11H2,2-3H3;1,3-6,12-13H,7-9H2;3-7H,1-2,8,14H2;1-2,5H,3-4,10H2,(H,11,13)/b;;10-7+;/t2*12-;;/m11../s1. The minimum absolute atomic E-state index is 0.234. The predicted octanol–water partition coefficient (Wildman–Crippen LogP) is 7.07. The highest BCUT2D eigenvalue weighted by atomic mass is 35.5. The first kappa shape index (κ1) is 45.3. The Morgan fingerprint density at radius 2 is 1.72 bits per heavy atom. The summed E-state index contributed by atoms with van der Waals surface area (Å²) in [5.74, 6) is 4.78. The minimum Gasteiger partial charge on any atom is -0.349 e. The number of benzene rings is 3. The third-order valence-corrected chi connectivity index (χ3v) is 8.73. The molecule has 286 valence electrons. The average Bonchev–Trinajstić information content (AvgIpc) is 3.61. The molecule has 1 aromatic heterocycles. The van der Waals surface area contributed by atoms with E-state index in [1.54, 1.807) is 24.3 Å². The van der Waals surface area contributed by atoms with Gasteiger partial charge < -0.3 is 16.8 Å². The van der Waals surface area contributed by atoms with Crippen molar-refractivity contribution in [2.45, 2.75) is 51.1 Å². The second-order valence-electron chi connectivity index (χ2n) is 12.5. The number of nitrogens with zero attached hydrogens (tertiary/aromatic N) is 2. The van der Waals surface area contributed by atoms with E-state index in [4.69, 9.17) is 35.9 Å². The monoisotopic (exact) mass is 754 g/mol. The number of likely N-dealkylation sites (N-methyl/N-ethyl adjacent to an activating group) is 1. The molecule has 54 heavy (non-hydrogen) atoms. The molecule has 5 rings (SSSR count). The normalized spacial score (nSPS) is 13.3. The van der Waals surface area contributed by atoms with Gasteiger partial charge >= 0.3 is 0 Å². The number of aryl methyl sites for hydroxylation is 2. The number of halogens is 3. The summed E-state index contributed by atoms with van der Waals surface area (Å²) >= 11 is 5.61. The molecule has 0 aliphatic heterocycles. The van der Waals surface area contributed by atoms with Crippen molar-refractivity contribution < 1.29 is 13.6 Å². The second-order valence-corrected chi connectivity index (χ2v) is 13.0. The summed E-state index contributed by atoms with van der Waals surface area (Å²) in [7, 11) is 2.06. The van der Waals surface area contributed by atoms with E-state index in [-0.39, 0.29) is 18.3 Å². The fourth-order valence-electron chi connectivity index (χ4n) is 5.31. The molecule has 10 heteroatoms. The number of hydrogen-bond acceptors (Lipinski definition) is 6. The van der Waals surface area contributed by atoms with E-state index in [0.717, 1.165) is 12.0 Å². The smallest absolute Gasteiger partial charge is 0.269 e. The van der Waals surface area contributed by atoms with Gasteiger partial charge in [0.05, 0.1) is 24.4 Å². The molecular formula is C44H53ClF2N6O. The molecule has 0 spiro atoms. The van der Waals surface area contributed by atoms with Gasteiger partial charge in [-0.3, -0.25) is 15.0 Å². The van der Waals surface area contributed by atoms with E-state index in [1.165, 1.54) is 47.9 Å². The molecule has 1 amide bonds. The van der Waals surface area contributed by atoms with Crippen LogP contribution in [0.1, 0.15) is 58.5 Å². The molecule has 7 nitrogen and oxygen atoms in total. The van der Waals surface area contributed by atoms with E-state index in [2.05, 4.69) is 94.9 Å². The van der Waals surface area contributed by atoms with E-state index in [0.29, 0.717) is 73.7 Å². The van der Waals surface area contributed by atoms with Crippen molar-refractivity contribution in [3.8, 4) is 24.7 Å². The van der Waals surface area contributed by atoms with Crippen LogP contribution in [0.15, 0.2) is 109 Å². The van der Waals surface area contributed by atoms with Crippen LogP contribution in [0.3, 0.4) is 0 Å². The van der Waals surface area contributed by atoms with Gasteiger partial charge in [0.15, 0.2) is 0 Å². The maximum atomic E-state index is 12.5. The van der Waals surface area contributed by atoms with Gasteiger partial charge in [0.25, 0.3) is 5.91 Å². The molecule has 0 saturated carbocycles. The molecule has 0 bridgehead atoms. The first-order valence-corrected chi connectivity index (χ1v) is 18.3. The van der Waals surface area contributed by atoms with Gasteiger partial charge in [0, 0.05) is 37.9 Å². The van der Waals surface area contributed by atoms with Gasteiger partial charge in [-0.15, -0.1) is 12.8 Å². The van der Waals surface area contributed by atoms with E-state index < -0.39 is 0 Å². The van der Waals surface area contributed by atoms with Crippen molar-refractivity contribution in [2.24, 2.45) is 11.5 Å². The maximum Gasteiger partial charge on any atom is 0.269 e. The number of nitrogens with two attached hydrogens (primary N) is 2. The molecule has 4 aromatic rings. The zero-order valence-corrected chi connectivity index (χ0v) is 32.0. The Balaban J connectivity index is 0.000000249. The van der Waals surface area contributed by atoms with E-state index in [1.807, 2.05) is 6.07 Å². The fraction of sp³-hybridized carbons (Fsp3) is 0.318. The van der Waals surface area contributed by atoms with Crippen LogP contribution < -0.4 is 22.1 Å². The predicted molar refractivity (Wildman–Crippen MR) is 219 cm³/mol. The molecule has 0 fully saturated rings. The van der Waals surface area contributed by atoms with Crippen LogP contribution in [-0.4, -0.2) is 61.6 Å². The van der Waals surface area contributed by atoms with Crippen molar-refractivity contribution in [2.75, 3.05) is 39.8 Å². The van der Waals surface area contributed by atoms with Gasteiger partial charge in [-0.05, 0) is 98.2 Å². The zero-order valence-electron chi connectivity index (χ0n) is 31.3. The molecule has 6 N–H and O–H groups in total. The molecule has 0 saturated heterocycles. The summed E-state index contributed by atoms with van der Waals surface area (Å²) in [6.07, 6.45) is 17.1. The third kappa shape index (κ3) is 17.8. The highest BCUT2D eigenvalue weighted by Gasteiger charge is 2.20. The van der Waals surface area contributed by atoms with Gasteiger partial charge in [-0.1, -0.05) is 90.2 Å². The topological polar surface area (TPSA) is 109 Å². The van der Waals surface area contributed by atoms with Crippen LogP contribution in [0.5, 0.6) is 0 Å². The van der Waals surface area contributed by atoms with E-state index >= 15 is 0 Å². The number of fused-ring (bicyclic) bond motifs is 1. The van der Waals surface area contributed by atoms with Gasteiger partial charge in [0.1, 0.15) is 11.5 Å². The first-order valence-electron chi connectivity index (χ1n) is 17.9. The first-order chi connectivity index (χ1) is 26.1. The van der Waals surface area contributed by atoms with Crippen LogP contribution in [0.4, 0.5) is 8.78 Å². The molecule has 0 unspecified atom stereocenters. The lowest BCUT2D eigenvalue weighted by Gasteiger charge is -2.22. The number of amides is 1. The summed E-state index contributed by atoms with van der Waals surface area (Å²) in [5, 5.41) is 6.46. The van der Waals surface area contributed by atoms with Gasteiger partial charge in [-0.2, -0.15) is 0 Å². The highest BCUT2D eigenvalue weighted by Crippen LogP contribution is 2.30. The number of nitrogens with one attached hydrogen (secondary N) is 2. The molecule has 1 heterocycles. The number of terminal acetylenes is 2. The van der Waals surface area contributed by atoms with Crippen LogP contribution in [0.2, 0.25) is 5.02 Å². The quantitative estimate of drug-likeness (QED) is 0.109. The summed E-state index contributed by atoms with van der Waals surface area (Å²) < 4.78 is 24.6. The SMILES string of the molecule is C#CCN(C)[C@H](C)Cc1ccccc1.C#CCN[C@@H]1CCc2ccccc21.NC/C(=C/F)CCc1ccc(F)cc1.NCCNC(=O)c1ccc(Cl)cn1.